The van der Waals surface area contributed by atoms with Gasteiger partial charge in [-0.05, 0) is 30.9 Å². The molecule has 28 heavy (non-hydrogen) atoms. The first-order valence-corrected chi connectivity index (χ1v) is 9.06. The molecule has 0 aliphatic carbocycles. The largest absolute Gasteiger partial charge is 0.381 e. The maximum Gasteiger partial charge on any atom is 0.322 e. The third-order valence-electron chi connectivity index (χ3n) is 5.13. The summed E-state index contributed by atoms with van der Waals surface area (Å²) in [5.41, 5.74) is -0.343. The summed E-state index contributed by atoms with van der Waals surface area (Å²) in [6, 6.07) is 8.65. The SMILES string of the molecule is O=C1NC(=O)[C@](CNC(=O)c2cnn(-c3ccccc3)n2)(C2CCOCC2)N1. The zero-order valence-corrected chi connectivity index (χ0v) is 15.1. The summed E-state index contributed by atoms with van der Waals surface area (Å²) in [5.74, 6) is -1.03. The molecule has 2 fully saturated rings. The van der Waals surface area contributed by atoms with E-state index in [1.165, 1.54) is 11.0 Å². The van der Waals surface area contributed by atoms with Crippen molar-refractivity contribution >= 4 is 17.8 Å². The monoisotopic (exact) mass is 384 g/mol. The Bertz CT molecular complexity index is 892. The number of ether oxygens (including phenoxy) is 1. The number of hydrogen-bond acceptors (Lipinski definition) is 6. The minimum atomic E-state index is -1.19. The lowest BCUT2D eigenvalue weighted by Gasteiger charge is -2.37. The maximum absolute atomic E-state index is 12.6. The van der Waals surface area contributed by atoms with Gasteiger partial charge in [0, 0.05) is 13.2 Å². The Hall–Kier alpha value is -3.27. The summed E-state index contributed by atoms with van der Waals surface area (Å²) < 4.78 is 5.35. The highest BCUT2D eigenvalue weighted by atomic mass is 16.5. The number of benzene rings is 1. The molecule has 10 nitrogen and oxygen atoms in total. The van der Waals surface area contributed by atoms with Gasteiger partial charge in [0.1, 0.15) is 5.54 Å². The molecule has 1 aromatic carbocycles. The lowest BCUT2D eigenvalue weighted by Crippen LogP contribution is -2.61. The van der Waals surface area contributed by atoms with Crippen molar-refractivity contribution in [1.82, 2.24) is 30.9 Å². The molecule has 0 saturated carbocycles. The van der Waals surface area contributed by atoms with Gasteiger partial charge in [0.2, 0.25) is 0 Å². The van der Waals surface area contributed by atoms with Gasteiger partial charge in [0.25, 0.3) is 11.8 Å². The van der Waals surface area contributed by atoms with Gasteiger partial charge in [0.15, 0.2) is 5.69 Å². The summed E-state index contributed by atoms with van der Waals surface area (Å²) in [7, 11) is 0. The summed E-state index contributed by atoms with van der Waals surface area (Å²) in [5, 5.41) is 16.0. The molecule has 2 aliphatic rings. The maximum atomic E-state index is 12.6. The van der Waals surface area contributed by atoms with E-state index in [2.05, 4.69) is 26.1 Å². The van der Waals surface area contributed by atoms with E-state index in [9.17, 15) is 14.4 Å². The van der Waals surface area contributed by atoms with Crippen molar-refractivity contribution in [3.8, 4) is 5.69 Å². The molecule has 4 rings (SSSR count). The molecule has 10 heteroatoms. The van der Waals surface area contributed by atoms with Gasteiger partial charge in [-0.3, -0.25) is 14.9 Å². The number of aromatic nitrogens is 3. The molecule has 3 N–H and O–H groups in total. The van der Waals surface area contributed by atoms with Crippen LogP contribution in [-0.2, 0) is 9.53 Å². The topological polar surface area (TPSA) is 127 Å². The fraction of sp³-hybridized carbons (Fsp3) is 0.389. The smallest absolute Gasteiger partial charge is 0.322 e. The van der Waals surface area contributed by atoms with Gasteiger partial charge >= 0.3 is 6.03 Å². The number of nitrogens with zero attached hydrogens (tertiary/aromatic N) is 3. The number of carbonyl (C=O) groups is 3. The van der Waals surface area contributed by atoms with Crippen LogP contribution in [0.15, 0.2) is 36.5 Å². The van der Waals surface area contributed by atoms with Crippen molar-refractivity contribution < 1.29 is 19.1 Å². The number of hydrogen-bond donors (Lipinski definition) is 3. The standard InChI is InChI=1S/C18H20N6O4/c25-15(14-10-20-24(23-14)13-4-2-1-3-5-13)19-11-18(12-6-8-28-9-7-12)16(26)21-17(27)22-18/h1-5,10,12H,6-9,11H2,(H,19,25)(H2,21,22,26,27)/t18-/m0/s1. The molecule has 1 atom stereocenters. The van der Waals surface area contributed by atoms with Gasteiger partial charge in [-0.25, -0.2) is 4.79 Å². The normalized spacial score (nSPS) is 22.6. The minimum absolute atomic E-state index is 0.0354. The van der Waals surface area contributed by atoms with Crippen LogP contribution in [-0.4, -0.2) is 58.1 Å². The Labute approximate surface area is 160 Å². The molecule has 0 spiro atoms. The molecule has 3 heterocycles. The van der Waals surface area contributed by atoms with Gasteiger partial charge in [-0.2, -0.15) is 9.90 Å². The van der Waals surface area contributed by atoms with Crippen LogP contribution in [0.2, 0.25) is 0 Å². The van der Waals surface area contributed by atoms with Crippen molar-refractivity contribution in [2.45, 2.75) is 18.4 Å². The first kappa shape index (κ1) is 18.1. The zero-order valence-electron chi connectivity index (χ0n) is 15.1. The second-order valence-electron chi connectivity index (χ2n) is 6.80. The molecule has 0 unspecified atom stereocenters. The van der Waals surface area contributed by atoms with Crippen molar-refractivity contribution in [1.29, 1.82) is 0 Å². The Morgan fingerprint density at radius 1 is 1.25 bits per heavy atom. The number of para-hydroxylation sites is 1. The lowest BCUT2D eigenvalue weighted by molar-refractivity contribution is -0.127. The zero-order chi connectivity index (χ0) is 19.6. The van der Waals surface area contributed by atoms with Crippen LogP contribution in [0.4, 0.5) is 4.79 Å². The van der Waals surface area contributed by atoms with Crippen LogP contribution in [0, 0.1) is 5.92 Å². The Morgan fingerprint density at radius 3 is 2.68 bits per heavy atom. The van der Waals surface area contributed by atoms with E-state index in [1.807, 2.05) is 30.3 Å². The van der Waals surface area contributed by atoms with E-state index in [0.717, 1.165) is 5.69 Å². The van der Waals surface area contributed by atoms with Crippen LogP contribution in [0.5, 0.6) is 0 Å². The minimum Gasteiger partial charge on any atom is -0.381 e. The molecular formula is C18H20N6O4. The summed E-state index contributed by atoms with van der Waals surface area (Å²) in [6.45, 7) is 0.982. The number of rotatable bonds is 5. The van der Waals surface area contributed by atoms with Gasteiger partial charge in [0.05, 0.1) is 18.4 Å². The summed E-state index contributed by atoms with van der Waals surface area (Å²) in [6.07, 6.45) is 2.60. The third kappa shape index (κ3) is 3.33. The van der Waals surface area contributed by atoms with E-state index in [1.54, 1.807) is 0 Å². The van der Waals surface area contributed by atoms with E-state index < -0.39 is 23.4 Å². The van der Waals surface area contributed by atoms with Crippen LogP contribution < -0.4 is 16.0 Å². The molecule has 146 valence electrons. The highest BCUT2D eigenvalue weighted by Crippen LogP contribution is 2.30. The van der Waals surface area contributed by atoms with E-state index in [4.69, 9.17) is 4.74 Å². The van der Waals surface area contributed by atoms with Crippen molar-refractivity contribution in [2.24, 2.45) is 5.92 Å². The Morgan fingerprint density at radius 2 is 2.00 bits per heavy atom. The number of imide groups is 1. The quantitative estimate of drug-likeness (QED) is 0.623. The average molecular weight is 384 g/mol. The molecule has 2 aliphatic heterocycles. The van der Waals surface area contributed by atoms with Crippen LogP contribution in [0.1, 0.15) is 23.3 Å². The highest BCUT2D eigenvalue weighted by Gasteiger charge is 2.52. The predicted octanol–water partition coefficient (Wildman–Crippen LogP) is 0.00190. The fourth-order valence-corrected chi connectivity index (χ4v) is 3.61. The molecule has 0 bridgehead atoms. The molecule has 2 saturated heterocycles. The van der Waals surface area contributed by atoms with Gasteiger partial charge < -0.3 is 15.4 Å². The predicted molar refractivity (Wildman–Crippen MR) is 96.6 cm³/mol. The highest BCUT2D eigenvalue weighted by molar-refractivity contribution is 6.07. The van der Waals surface area contributed by atoms with E-state index in [-0.39, 0.29) is 18.2 Å². The van der Waals surface area contributed by atoms with Crippen molar-refractivity contribution in [2.75, 3.05) is 19.8 Å². The third-order valence-corrected chi connectivity index (χ3v) is 5.13. The first-order valence-electron chi connectivity index (χ1n) is 9.06. The first-order chi connectivity index (χ1) is 13.6. The summed E-state index contributed by atoms with van der Waals surface area (Å²) >= 11 is 0. The molecular weight excluding hydrogens is 364 g/mol. The molecule has 4 amide bonds. The van der Waals surface area contributed by atoms with E-state index in [0.29, 0.717) is 26.1 Å². The number of amides is 4. The van der Waals surface area contributed by atoms with Crippen molar-refractivity contribution in [3.05, 3.63) is 42.2 Å². The fourth-order valence-electron chi connectivity index (χ4n) is 3.61. The lowest BCUT2D eigenvalue weighted by atomic mass is 9.78. The number of carbonyl (C=O) groups excluding carboxylic acids is 3. The van der Waals surface area contributed by atoms with Crippen LogP contribution in [0.25, 0.3) is 5.69 Å². The second kappa shape index (κ2) is 7.39. The van der Waals surface area contributed by atoms with Crippen LogP contribution >= 0.6 is 0 Å². The molecule has 0 radical (unpaired) electrons. The van der Waals surface area contributed by atoms with E-state index >= 15 is 0 Å². The number of nitrogens with one attached hydrogen (secondary N) is 3. The average Bonchev–Trinajstić information content (AvgIpc) is 3.33. The molecule has 2 aromatic rings. The van der Waals surface area contributed by atoms with Gasteiger partial charge in [-0.1, -0.05) is 18.2 Å². The Balaban J connectivity index is 1.48. The summed E-state index contributed by atoms with van der Waals surface area (Å²) in [4.78, 5) is 38.2. The Kier molecular flexibility index (Phi) is 4.78. The van der Waals surface area contributed by atoms with Gasteiger partial charge in [-0.15, -0.1) is 5.10 Å². The van der Waals surface area contributed by atoms with Crippen LogP contribution in [0.3, 0.4) is 0 Å². The number of urea groups is 1. The second-order valence-corrected chi connectivity index (χ2v) is 6.80. The van der Waals surface area contributed by atoms with Crippen molar-refractivity contribution in [3.63, 3.8) is 0 Å². The molecule has 1 aromatic heterocycles.